The van der Waals surface area contributed by atoms with Crippen LogP contribution < -0.4 is 0 Å². The van der Waals surface area contributed by atoms with Gasteiger partial charge in [-0.25, -0.2) is 0 Å². The standard InChI is InChI=1S/C41H43N/c1-8-11-14-34-26-35-15-12-13-16-37(35)40(30(34)5)41(6,7)28-32-19-22-36-27-39(42(23-9-2)38(36)25-32)33-20-17-31(18-21-33)24-29(4)10-3/h2,8,11-22,25-27,29H,1,10,23-24,28H2,3-7H3/b14-11-. The zero-order chi connectivity index (χ0) is 29.9. The molecule has 0 aliphatic carbocycles. The van der Waals surface area contributed by atoms with Crippen LogP contribution in [0.1, 0.15) is 61.9 Å². The molecule has 0 N–H and O–H groups in total. The SMILES string of the molecule is C#CCn1c(-c2ccc(CC(C)CC)cc2)cc2ccc(CC(C)(C)c3c(C)c(/C=C\C=C)cc4ccccc34)cc21. The van der Waals surface area contributed by atoms with Crippen molar-refractivity contribution in [3.05, 3.63) is 125 Å². The van der Waals surface area contributed by atoms with Gasteiger partial charge in [0.1, 0.15) is 0 Å². The van der Waals surface area contributed by atoms with Crippen LogP contribution in [0.5, 0.6) is 0 Å². The third kappa shape index (κ3) is 5.86. The van der Waals surface area contributed by atoms with Gasteiger partial charge in [-0.15, -0.1) is 6.42 Å². The first kappa shape index (κ1) is 29.2. The lowest BCUT2D eigenvalue weighted by molar-refractivity contribution is 0.524. The molecule has 1 heterocycles. The van der Waals surface area contributed by atoms with E-state index in [1.807, 2.05) is 12.2 Å². The number of nitrogens with zero attached hydrogens (tertiary/aromatic N) is 1. The van der Waals surface area contributed by atoms with Gasteiger partial charge in [0, 0.05) is 16.6 Å². The van der Waals surface area contributed by atoms with Gasteiger partial charge in [0.25, 0.3) is 0 Å². The van der Waals surface area contributed by atoms with E-state index in [2.05, 4.69) is 137 Å². The van der Waals surface area contributed by atoms with Gasteiger partial charge in [-0.2, -0.15) is 0 Å². The van der Waals surface area contributed by atoms with E-state index < -0.39 is 0 Å². The fraction of sp³-hybridized carbons (Fsp3) is 0.268. The Bertz CT molecular complexity index is 1800. The van der Waals surface area contributed by atoms with Gasteiger partial charge in [-0.05, 0) is 93.5 Å². The number of hydrogen-bond acceptors (Lipinski definition) is 0. The monoisotopic (exact) mass is 549 g/mol. The quantitative estimate of drug-likeness (QED) is 0.121. The fourth-order valence-corrected chi connectivity index (χ4v) is 6.56. The van der Waals surface area contributed by atoms with E-state index in [9.17, 15) is 0 Å². The molecule has 0 aliphatic heterocycles. The lowest BCUT2D eigenvalue weighted by Crippen LogP contribution is -2.23. The Morgan fingerprint density at radius 3 is 2.40 bits per heavy atom. The van der Waals surface area contributed by atoms with Crippen LogP contribution in [0.3, 0.4) is 0 Å². The Hall–Kier alpha value is -4.28. The van der Waals surface area contributed by atoms with E-state index in [0.29, 0.717) is 12.5 Å². The number of terminal acetylenes is 1. The zero-order valence-corrected chi connectivity index (χ0v) is 25.9. The predicted octanol–water partition coefficient (Wildman–Crippen LogP) is 10.7. The Balaban J connectivity index is 1.55. The van der Waals surface area contributed by atoms with Gasteiger partial charge >= 0.3 is 0 Å². The largest absolute Gasteiger partial charge is 0.329 e. The molecule has 0 saturated carbocycles. The van der Waals surface area contributed by atoms with E-state index >= 15 is 0 Å². The lowest BCUT2D eigenvalue weighted by Gasteiger charge is -2.30. The van der Waals surface area contributed by atoms with Crippen LogP contribution in [0.2, 0.25) is 0 Å². The average molecular weight is 550 g/mol. The van der Waals surface area contributed by atoms with Crippen molar-refractivity contribution < 1.29 is 0 Å². The summed E-state index contributed by atoms with van der Waals surface area (Å²) in [4.78, 5) is 0. The van der Waals surface area contributed by atoms with Crippen molar-refractivity contribution in [3.8, 4) is 23.6 Å². The van der Waals surface area contributed by atoms with Crippen molar-refractivity contribution in [1.29, 1.82) is 0 Å². The van der Waals surface area contributed by atoms with Gasteiger partial charge in [-0.1, -0.05) is 126 Å². The first-order chi connectivity index (χ1) is 20.2. The molecule has 5 rings (SSSR count). The molecule has 1 nitrogen and oxygen atoms in total. The van der Waals surface area contributed by atoms with Crippen molar-refractivity contribution in [2.45, 2.75) is 65.8 Å². The summed E-state index contributed by atoms with van der Waals surface area (Å²) in [5, 5.41) is 3.82. The van der Waals surface area contributed by atoms with Gasteiger partial charge in [0.2, 0.25) is 0 Å². The maximum Gasteiger partial charge on any atom is 0.0841 e. The second-order valence-corrected chi connectivity index (χ2v) is 12.5. The van der Waals surface area contributed by atoms with E-state index in [0.717, 1.165) is 12.8 Å². The average Bonchev–Trinajstić information content (AvgIpc) is 3.33. The number of aromatic nitrogens is 1. The van der Waals surface area contributed by atoms with Gasteiger partial charge in [0.05, 0.1) is 6.54 Å². The molecule has 0 bridgehead atoms. The van der Waals surface area contributed by atoms with Crippen LogP contribution in [-0.2, 0) is 24.8 Å². The summed E-state index contributed by atoms with van der Waals surface area (Å²) in [5.41, 5.74) is 10.2. The molecular formula is C41H43N. The second kappa shape index (κ2) is 12.3. The molecule has 0 fully saturated rings. The maximum atomic E-state index is 5.90. The molecule has 1 heteroatoms. The Labute approximate surface area is 252 Å². The van der Waals surface area contributed by atoms with Crippen molar-refractivity contribution in [2.24, 2.45) is 5.92 Å². The first-order valence-electron chi connectivity index (χ1n) is 15.2. The number of benzene rings is 4. The zero-order valence-electron chi connectivity index (χ0n) is 25.9. The summed E-state index contributed by atoms with van der Waals surface area (Å²) in [5.74, 6) is 3.60. The topological polar surface area (TPSA) is 4.93 Å². The molecule has 42 heavy (non-hydrogen) atoms. The van der Waals surface area contributed by atoms with Gasteiger partial charge in [-0.3, -0.25) is 0 Å². The summed E-state index contributed by atoms with van der Waals surface area (Å²) >= 11 is 0. The third-order valence-corrected chi connectivity index (χ3v) is 8.83. The van der Waals surface area contributed by atoms with E-state index in [4.69, 9.17) is 6.42 Å². The molecule has 1 atom stereocenters. The molecule has 0 amide bonds. The van der Waals surface area contributed by atoms with Crippen molar-refractivity contribution in [2.75, 3.05) is 0 Å². The van der Waals surface area contributed by atoms with Crippen LogP contribution >= 0.6 is 0 Å². The molecule has 1 aromatic heterocycles. The molecule has 0 radical (unpaired) electrons. The maximum absolute atomic E-state index is 5.90. The van der Waals surface area contributed by atoms with Gasteiger partial charge in [0.15, 0.2) is 0 Å². The molecule has 5 aromatic rings. The van der Waals surface area contributed by atoms with Crippen molar-refractivity contribution in [1.82, 2.24) is 4.57 Å². The highest BCUT2D eigenvalue weighted by atomic mass is 15.0. The smallest absolute Gasteiger partial charge is 0.0841 e. The highest BCUT2D eigenvalue weighted by Crippen LogP contribution is 2.39. The number of fused-ring (bicyclic) bond motifs is 2. The van der Waals surface area contributed by atoms with Crippen LogP contribution in [0, 0.1) is 25.2 Å². The summed E-state index contributed by atoms with van der Waals surface area (Å²) in [6.45, 7) is 16.0. The fourth-order valence-electron chi connectivity index (χ4n) is 6.56. The van der Waals surface area contributed by atoms with Crippen LogP contribution in [-0.4, -0.2) is 4.57 Å². The third-order valence-electron chi connectivity index (χ3n) is 8.83. The first-order valence-corrected chi connectivity index (χ1v) is 15.2. The summed E-state index contributed by atoms with van der Waals surface area (Å²) in [7, 11) is 0. The number of rotatable bonds is 10. The van der Waals surface area contributed by atoms with Crippen molar-refractivity contribution >= 4 is 27.8 Å². The minimum absolute atomic E-state index is 0.0901. The van der Waals surface area contributed by atoms with Crippen LogP contribution in [0.4, 0.5) is 0 Å². The predicted molar refractivity (Wildman–Crippen MR) is 184 cm³/mol. The Morgan fingerprint density at radius 2 is 1.69 bits per heavy atom. The van der Waals surface area contributed by atoms with E-state index in [-0.39, 0.29) is 5.41 Å². The number of hydrogen-bond donors (Lipinski definition) is 0. The van der Waals surface area contributed by atoms with Crippen LogP contribution in [0.15, 0.2) is 97.6 Å². The summed E-state index contributed by atoms with van der Waals surface area (Å²) < 4.78 is 2.30. The molecule has 1 unspecified atom stereocenters. The molecule has 0 aliphatic rings. The minimum atomic E-state index is -0.0901. The molecule has 0 spiro atoms. The number of allylic oxidation sites excluding steroid dienone is 2. The Kier molecular flexibility index (Phi) is 8.56. The highest BCUT2D eigenvalue weighted by Gasteiger charge is 2.27. The van der Waals surface area contributed by atoms with Crippen molar-refractivity contribution in [3.63, 3.8) is 0 Å². The molecular weight excluding hydrogens is 506 g/mol. The van der Waals surface area contributed by atoms with E-state index in [1.165, 1.54) is 67.2 Å². The minimum Gasteiger partial charge on any atom is -0.329 e. The molecule has 4 aromatic carbocycles. The summed E-state index contributed by atoms with van der Waals surface area (Å²) in [6, 6.07) is 29.3. The lowest BCUT2D eigenvalue weighted by atomic mass is 9.74. The van der Waals surface area contributed by atoms with Crippen LogP contribution in [0.25, 0.3) is 39.0 Å². The molecule has 212 valence electrons. The normalized spacial score (nSPS) is 12.7. The Morgan fingerprint density at radius 1 is 0.952 bits per heavy atom. The van der Waals surface area contributed by atoms with E-state index in [1.54, 1.807) is 0 Å². The summed E-state index contributed by atoms with van der Waals surface area (Å²) in [6.07, 6.45) is 15.2. The highest BCUT2D eigenvalue weighted by molar-refractivity contribution is 5.91. The van der Waals surface area contributed by atoms with Gasteiger partial charge < -0.3 is 4.57 Å². The second-order valence-electron chi connectivity index (χ2n) is 12.5. The molecule has 0 saturated heterocycles.